The van der Waals surface area contributed by atoms with E-state index in [4.69, 9.17) is 4.43 Å². The van der Waals surface area contributed by atoms with Crippen molar-refractivity contribution in [1.29, 1.82) is 0 Å². The van der Waals surface area contributed by atoms with Crippen LogP contribution >= 0.6 is 0 Å². The molecule has 0 radical (unpaired) electrons. The highest BCUT2D eigenvalue weighted by atomic mass is 28.4. The molecule has 0 fully saturated rings. The average molecular weight is 234 g/mol. The highest BCUT2D eigenvalue weighted by Gasteiger charge is 2.27. The Hall–Kier alpha value is -1.35. The second-order valence-electron chi connectivity index (χ2n) is 4.59. The van der Waals surface area contributed by atoms with Crippen LogP contribution in [-0.4, -0.2) is 14.3 Å². The van der Waals surface area contributed by atoms with Crippen molar-refractivity contribution in [1.82, 2.24) is 0 Å². The van der Waals surface area contributed by atoms with Crippen molar-refractivity contribution < 1.29 is 9.22 Å². The third kappa shape index (κ3) is 4.02. The van der Waals surface area contributed by atoms with Crippen molar-refractivity contribution in [3.05, 3.63) is 48.0 Å². The number of rotatable bonds is 4. The van der Waals surface area contributed by atoms with E-state index < -0.39 is 8.32 Å². The fraction of sp³-hybridized carbons (Fsp3) is 0.308. The van der Waals surface area contributed by atoms with E-state index in [1.807, 2.05) is 31.3 Å². The molecule has 3 heteroatoms. The first kappa shape index (κ1) is 12.7. The molecule has 1 aromatic rings. The maximum atomic E-state index is 11.5. The van der Waals surface area contributed by atoms with Gasteiger partial charge in [-0.1, -0.05) is 36.9 Å². The minimum absolute atomic E-state index is 0.271. The summed E-state index contributed by atoms with van der Waals surface area (Å²) in [4.78, 5) is 11.5. The summed E-state index contributed by atoms with van der Waals surface area (Å²) in [7, 11) is -1.98. The molecule has 0 bridgehead atoms. The summed E-state index contributed by atoms with van der Waals surface area (Å²) >= 11 is 0. The molecule has 0 aromatic heterocycles. The van der Waals surface area contributed by atoms with Gasteiger partial charge in [-0.05, 0) is 25.6 Å². The quantitative estimate of drug-likeness (QED) is 0.591. The van der Waals surface area contributed by atoms with Gasteiger partial charge in [0, 0.05) is 11.6 Å². The standard InChI is InChI=1S/C13H18O2Si/c1-11(2)13(14)15-16(3,4)10-12-8-6-5-7-9-12/h5-9H,1,10H2,2-4H3. The Morgan fingerprint density at radius 1 is 1.31 bits per heavy atom. The van der Waals surface area contributed by atoms with Crippen molar-refractivity contribution in [3.8, 4) is 0 Å². The lowest BCUT2D eigenvalue weighted by atomic mass is 10.2. The highest BCUT2D eigenvalue weighted by molar-refractivity contribution is 6.72. The zero-order chi connectivity index (χ0) is 12.2. The maximum absolute atomic E-state index is 11.5. The molecule has 0 saturated carbocycles. The van der Waals surface area contributed by atoms with Gasteiger partial charge in [0.25, 0.3) is 8.32 Å². The van der Waals surface area contributed by atoms with E-state index in [2.05, 4.69) is 18.7 Å². The average Bonchev–Trinajstić information content (AvgIpc) is 2.17. The van der Waals surface area contributed by atoms with Gasteiger partial charge in [-0.2, -0.15) is 0 Å². The first-order valence-electron chi connectivity index (χ1n) is 5.33. The molecule has 0 N–H and O–H groups in total. The van der Waals surface area contributed by atoms with Crippen LogP contribution in [0.25, 0.3) is 0 Å². The Morgan fingerprint density at radius 2 is 1.88 bits per heavy atom. The predicted octanol–water partition coefficient (Wildman–Crippen LogP) is 3.09. The van der Waals surface area contributed by atoms with E-state index in [1.165, 1.54) is 5.56 Å². The van der Waals surface area contributed by atoms with Crippen LogP contribution in [0.15, 0.2) is 42.5 Å². The van der Waals surface area contributed by atoms with Crippen LogP contribution in [0.1, 0.15) is 12.5 Å². The highest BCUT2D eigenvalue weighted by Crippen LogP contribution is 2.14. The summed E-state index contributed by atoms with van der Waals surface area (Å²) in [5.41, 5.74) is 1.68. The molecular formula is C13H18O2Si. The Labute approximate surface area is 98.1 Å². The molecule has 0 amide bonds. The zero-order valence-electron chi connectivity index (χ0n) is 10.1. The lowest BCUT2D eigenvalue weighted by Gasteiger charge is -2.22. The molecule has 0 aliphatic heterocycles. The second-order valence-corrected chi connectivity index (χ2v) is 8.67. The maximum Gasteiger partial charge on any atom is 0.319 e. The van der Waals surface area contributed by atoms with Gasteiger partial charge in [0.1, 0.15) is 0 Å². The van der Waals surface area contributed by atoms with E-state index >= 15 is 0 Å². The van der Waals surface area contributed by atoms with Crippen LogP contribution in [0.2, 0.25) is 13.1 Å². The van der Waals surface area contributed by atoms with Crippen molar-refractivity contribution >= 4 is 14.3 Å². The Bertz CT molecular complexity index is 382. The number of hydrogen-bond donors (Lipinski definition) is 0. The Balaban J connectivity index is 2.65. The number of hydrogen-bond acceptors (Lipinski definition) is 2. The van der Waals surface area contributed by atoms with Gasteiger partial charge < -0.3 is 4.43 Å². The van der Waals surface area contributed by atoms with Crippen molar-refractivity contribution in [2.45, 2.75) is 26.1 Å². The molecule has 0 unspecified atom stereocenters. The summed E-state index contributed by atoms with van der Waals surface area (Å²) in [6, 6.07) is 10.9. The lowest BCUT2D eigenvalue weighted by molar-refractivity contribution is -0.130. The zero-order valence-corrected chi connectivity index (χ0v) is 11.1. The first-order chi connectivity index (χ1) is 7.41. The summed E-state index contributed by atoms with van der Waals surface area (Å²) in [6.45, 7) is 9.35. The smallest absolute Gasteiger partial charge is 0.319 e. The third-order valence-electron chi connectivity index (χ3n) is 2.19. The van der Waals surface area contributed by atoms with E-state index in [9.17, 15) is 4.79 Å². The molecule has 0 saturated heterocycles. The van der Waals surface area contributed by atoms with E-state index in [-0.39, 0.29) is 5.97 Å². The van der Waals surface area contributed by atoms with E-state index in [1.54, 1.807) is 6.92 Å². The van der Waals surface area contributed by atoms with Crippen LogP contribution in [-0.2, 0) is 15.3 Å². The number of carbonyl (C=O) groups is 1. The number of carbonyl (C=O) groups excluding carboxylic acids is 1. The van der Waals surface area contributed by atoms with Crippen molar-refractivity contribution in [3.63, 3.8) is 0 Å². The summed E-state index contributed by atoms with van der Waals surface area (Å²) in [5, 5.41) is 0. The summed E-state index contributed by atoms with van der Waals surface area (Å²) in [5.74, 6) is -0.271. The third-order valence-corrected chi connectivity index (χ3v) is 4.19. The molecule has 1 aromatic carbocycles. The monoisotopic (exact) mass is 234 g/mol. The van der Waals surface area contributed by atoms with Crippen LogP contribution in [0.3, 0.4) is 0 Å². The van der Waals surface area contributed by atoms with Crippen LogP contribution in [0.5, 0.6) is 0 Å². The lowest BCUT2D eigenvalue weighted by Crippen LogP contribution is -2.36. The van der Waals surface area contributed by atoms with Gasteiger partial charge in [-0.15, -0.1) is 0 Å². The fourth-order valence-corrected chi connectivity index (χ4v) is 3.43. The van der Waals surface area contributed by atoms with Crippen LogP contribution in [0, 0.1) is 0 Å². The number of benzene rings is 1. The normalized spacial score (nSPS) is 10.9. The van der Waals surface area contributed by atoms with Gasteiger partial charge in [0.05, 0.1) is 0 Å². The minimum Gasteiger partial charge on any atom is -0.516 e. The summed E-state index contributed by atoms with van der Waals surface area (Å²) in [6.07, 6.45) is 0. The second kappa shape index (κ2) is 5.12. The Morgan fingerprint density at radius 3 is 2.38 bits per heavy atom. The first-order valence-corrected chi connectivity index (χ1v) is 8.45. The molecule has 0 atom stereocenters. The summed E-state index contributed by atoms with van der Waals surface area (Å²) < 4.78 is 5.50. The van der Waals surface area contributed by atoms with Gasteiger partial charge >= 0.3 is 5.97 Å². The molecule has 0 aliphatic rings. The van der Waals surface area contributed by atoms with Gasteiger partial charge in [-0.3, -0.25) is 0 Å². The van der Waals surface area contributed by atoms with E-state index in [0.717, 1.165) is 6.04 Å². The van der Waals surface area contributed by atoms with Gasteiger partial charge in [0.2, 0.25) is 0 Å². The van der Waals surface area contributed by atoms with E-state index in [0.29, 0.717) is 5.57 Å². The molecule has 1 rings (SSSR count). The topological polar surface area (TPSA) is 26.3 Å². The van der Waals surface area contributed by atoms with Crippen LogP contribution in [0.4, 0.5) is 0 Å². The minimum atomic E-state index is -1.98. The molecule has 16 heavy (non-hydrogen) atoms. The van der Waals surface area contributed by atoms with Gasteiger partial charge in [-0.25, -0.2) is 4.79 Å². The molecule has 0 spiro atoms. The SMILES string of the molecule is C=C(C)C(=O)O[Si](C)(C)Cc1ccccc1. The Kier molecular flexibility index (Phi) is 4.07. The molecular weight excluding hydrogens is 216 g/mol. The molecule has 0 aliphatic carbocycles. The van der Waals surface area contributed by atoms with Gasteiger partial charge in [0.15, 0.2) is 0 Å². The van der Waals surface area contributed by atoms with Crippen molar-refractivity contribution in [2.24, 2.45) is 0 Å². The predicted molar refractivity (Wildman–Crippen MR) is 68.5 cm³/mol. The molecule has 86 valence electrons. The van der Waals surface area contributed by atoms with Crippen LogP contribution < -0.4 is 0 Å². The molecule has 2 nitrogen and oxygen atoms in total. The fourth-order valence-electron chi connectivity index (χ4n) is 1.46. The largest absolute Gasteiger partial charge is 0.516 e. The molecule has 0 heterocycles. The van der Waals surface area contributed by atoms with Crippen molar-refractivity contribution in [2.75, 3.05) is 0 Å².